The average molecular weight is 243 g/mol. The van der Waals surface area contributed by atoms with Crippen LogP contribution in [-0.2, 0) is 0 Å². The molecule has 1 heterocycles. The molecule has 1 saturated carbocycles. The number of nitrogens with two attached hydrogens (primary N) is 1. The van der Waals surface area contributed by atoms with Crippen molar-refractivity contribution in [1.82, 2.24) is 0 Å². The summed E-state index contributed by atoms with van der Waals surface area (Å²) in [7, 11) is 0. The maximum Gasteiger partial charge on any atom is 0.196 e. The number of anilines is 1. The van der Waals surface area contributed by atoms with E-state index in [1.165, 1.54) is 24.1 Å². The van der Waals surface area contributed by atoms with Crippen LogP contribution in [0.15, 0.2) is 29.3 Å². The summed E-state index contributed by atoms with van der Waals surface area (Å²) in [6, 6.07) is 8.58. The molecule has 18 heavy (non-hydrogen) atoms. The van der Waals surface area contributed by atoms with Crippen LogP contribution in [0, 0.1) is 12.8 Å². The molecule has 2 aliphatic rings. The highest BCUT2D eigenvalue weighted by Gasteiger charge is 2.52. The summed E-state index contributed by atoms with van der Waals surface area (Å²) >= 11 is 0. The molecule has 0 radical (unpaired) electrons. The van der Waals surface area contributed by atoms with Crippen LogP contribution in [0.2, 0.25) is 0 Å². The third-order valence-corrected chi connectivity index (χ3v) is 4.40. The van der Waals surface area contributed by atoms with Crippen LogP contribution in [-0.4, -0.2) is 18.0 Å². The normalized spacial score (nSPS) is 27.4. The van der Waals surface area contributed by atoms with Gasteiger partial charge in [0.25, 0.3) is 0 Å². The number of hydrogen-bond donors (Lipinski definition) is 1. The smallest absolute Gasteiger partial charge is 0.196 e. The zero-order valence-electron chi connectivity index (χ0n) is 11.2. The summed E-state index contributed by atoms with van der Waals surface area (Å²) in [6.45, 7) is 5.24. The van der Waals surface area contributed by atoms with Gasteiger partial charge in [0, 0.05) is 5.69 Å². The largest absolute Gasteiger partial charge is 0.369 e. The molecule has 1 aliphatic carbocycles. The van der Waals surface area contributed by atoms with Crippen molar-refractivity contribution >= 4 is 11.6 Å². The van der Waals surface area contributed by atoms with E-state index in [0.29, 0.717) is 5.96 Å². The number of nitrogens with zero attached hydrogens (tertiary/aromatic N) is 2. The minimum atomic E-state index is 0.137. The first-order chi connectivity index (χ1) is 8.67. The van der Waals surface area contributed by atoms with Crippen molar-refractivity contribution in [3.8, 4) is 0 Å². The van der Waals surface area contributed by atoms with E-state index in [1.54, 1.807) is 0 Å². The van der Waals surface area contributed by atoms with Crippen molar-refractivity contribution in [3.63, 3.8) is 0 Å². The lowest BCUT2D eigenvalue weighted by molar-refractivity contribution is 0.386. The molecular weight excluding hydrogens is 222 g/mol. The summed E-state index contributed by atoms with van der Waals surface area (Å²) < 4.78 is 0. The molecule has 0 amide bonds. The fourth-order valence-electron chi connectivity index (χ4n) is 3.23. The van der Waals surface area contributed by atoms with Crippen LogP contribution >= 0.6 is 0 Å². The Bertz CT molecular complexity index is 490. The van der Waals surface area contributed by atoms with E-state index in [0.717, 1.165) is 18.9 Å². The molecule has 2 N–H and O–H groups in total. The van der Waals surface area contributed by atoms with Crippen LogP contribution in [0.4, 0.5) is 5.69 Å². The van der Waals surface area contributed by atoms with Crippen LogP contribution < -0.4 is 10.6 Å². The van der Waals surface area contributed by atoms with E-state index in [2.05, 4.69) is 48.0 Å². The van der Waals surface area contributed by atoms with Crippen molar-refractivity contribution in [2.45, 2.75) is 38.6 Å². The number of benzene rings is 1. The second-order valence-electron chi connectivity index (χ2n) is 5.58. The van der Waals surface area contributed by atoms with Gasteiger partial charge in [0.2, 0.25) is 0 Å². The van der Waals surface area contributed by atoms with Gasteiger partial charge in [-0.2, -0.15) is 0 Å². The summed E-state index contributed by atoms with van der Waals surface area (Å²) in [4.78, 5) is 6.82. The van der Waals surface area contributed by atoms with Gasteiger partial charge < -0.3 is 10.6 Å². The third kappa shape index (κ3) is 1.61. The molecule has 0 saturated heterocycles. The maximum absolute atomic E-state index is 6.15. The lowest BCUT2D eigenvalue weighted by Crippen LogP contribution is -2.53. The van der Waals surface area contributed by atoms with Gasteiger partial charge in [0.15, 0.2) is 5.96 Å². The molecule has 0 spiro atoms. The minimum Gasteiger partial charge on any atom is -0.369 e. The molecule has 3 heteroatoms. The van der Waals surface area contributed by atoms with Crippen molar-refractivity contribution < 1.29 is 0 Å². The second kappa shape index (κ2) is 4.01. The van der Waals surface area contributed by atoms with Crippen molar-refractivity contribution in [2.24, 2.45) is 16.6 Å². The van der Waals surface area contributed by atoms with E-state index in [1.807, 2.05) is 0 Å². The zero-order chi connectivity index (χ0) is 12.8. The maximum atomic E-state index is 6.15. The van der Waals surface area contributed by atoms with Crippen molar-refractivity contribution in [3.05, 3.63) is 29.8 Å². The van der Waals surface area contributed by atoms with E-state index in [4.69, 9.17) is 5.73 Å². The summed E-state index contributed by atoms with van der Waals surface area (Å²) in [5, 5.41) is 0. The van der Waals surface area contributed by atoms with Crippen molar-refractivity contribution in [2.75, 3.05) is 11.4 Å². The van der Waals surface area contributed by atoms with E-state index < -0.39 is 0 Å². The predicted octanol–water partition coefficient (Wildman–Crippen LogP) is 2.69. The van der Waals surface area contributed by atoms with Gasteiger partial charge in [-0.05, 0) is 49.8 Å². The van der Waals surface area contributed by atoms with Gasteiger partial charge in [-0.1, -0.05) is 19.1 Å². The van der Waals surface area contributed by atoms with Gasteiger partial charge in [0.1, 0.15) is 0 Å². The molecule has 0 aromatic heterocycles. The Kier molecular flexibility index (Phi) is 2.58. The Morgan fingerprint density at radius 1 is 1.44 bits per heavy atom. The number of aliphatic imine (C=N–C) groups is 1. The van der Waals surface area contributed by atoms with Crippen LogP contribution in [0.25, 0.3) is 0 Å². The Morgan fingerprint density at radius 3 is 2.83 bits per heavy atom. The first-order valence-electron chi connectivity index (χ1n) is 6.84. The number of guanidine groups is 1. The fourth-order valence-corrected chi connectivity index (χ4v) is 3.23. The lowest BCUT2D eigenvalue weighted by atomic mass is 9.88. The van der Waals surface area contributed by atoms with E-state index >= 15 is 0 Å². The highest BCUT2D eigenvalue weighted by molar-refractivity contribution is 5.98. The molecule has 1 aromatic rings. The Hall–Kier alpha value is -1.51. The average Bonchev–Trinajstić information content (AvgIpc) is 3.14. The standard InChI is InChI=1S/C15H21N3/c1-3-15(12-7-8-12)10-17-14(16)18(15)13-6-4-5-11(2)9-13/h4-6,9,12H,3,7-8,10H2,1-2H3,(H2,16,17). The SMILES string of the molecule is CCC1(C2CC2)CN=C(N)N1c1cccc(C)c1. The predicted molar refractivity (Wildman–Crippen MR) is 75.9 cm³/mol. The molecule has 1 fully saturated rings. The molecule has 1 aliphatic heterocycles. The van der Waals surface area contributed by atoms with Gasteiger partial charge in [-0.25, -0.2) is 0 Å². The first kappa shape index (κ1) is 11.6. The van der Waals surface area contributed by atoms with E-state index in [9.17, 15) is 0 Å². The van der Waals surface area contributed by atoms with Crippen LogP contribution in [0.1, 0.15) is 31.7 Å². The fraction of sp³-hybridized carbons (Fsp3) is 0.533. The van der Waals surface area contributed by atoms with Crippen molar-refractivity contribution in [1.29, 1.82) is 0 Å². The van der Waals surface area contributed by atoms with E-state index in [-0.39, 0.29) is 5.54 Å². The molecule has 1 unspecified atom stereocenters. The van der Waals surface area contributed by atoms with Gasteiger partial charge >= 0.3 is 0 Å². The molecule has 3 nitrogen and oxygen atoms in total. The van der Waals surface area contributed by atoms with Gasteiger partial charge in [-0.15, -0.1) is 0 Å². The summed E-state index contributed by atoms with van der Waals surface area (Å²) in [6.07, 6.45) is 3.74. The Labute approximate surface area is 109 Å². The quantitative estimate of drug-likeness (QED) is 0.886. The van der Waals surface area contributed by atoms with Gasteiger partial charge in [-0.3, -0.25) is 4.99 Å². The number of hydrogen-bond acceptors (Lipinski definition) is 3. The number of rotatable bonds is 3. The molecule has 1 aromatic carbocycles. The highest BCUT2D eigenvalue weighted by atomic mass is 15.4. The molecular formula is C15H21N3. The highest BCUT2D eigenvalue weighted by Crippen LogP contribution is 2.48. The molecule has 0 bridgehead atoms. The zero-order valence-corrected chi connectivity index (χ0v) is 11.2. The first-order valence-corrected chi connectivity index (χ1v) is 6.84. The number of aryl methyl sites for hydroxylation is 1. The molecule has 1 atom stereocenters. The third-order valence-electron chi connectivity index (χ3n) is 4.40. The Morgan fingerprint density at radius 2 is 2.22 bits per heavy atom. The Balaban J connectivity index is 2.03. The summed E-state index contributed by atoms with van der Waals surface area (Å²) in [5.74, 6) is 1.45. The minimum absolute atomic E-state index is 0.137. The topological polar surface area (TPSA) is 41.6 Å². The monoisotopic (exact) mass is 243 g/mol. The van der Waals surface area contributed by atoms with Crippen LogP contribution in [0.3, 0.4) is 0 Å². The van der Waals surface area contributed by atoms with Gasteiger partial charge in [0.05, 0.1) is 12.1 Å². The second-order valence-corrected chi connectivity index (χ2v) is 5.58. The molecule has 3 rings (SSSR count). The molecule has 96 valence electrons. The lowest BCUT2D eigenvalue weighted by Gasteiger charge is -2.39. The van der Waals surface area contributed by atoms with Crippen LogP contribution in [0.5, 0.6) is 0 Å². The summed E-state index contributed by atoms with van der Waals surface area (Å²) in [5.41, 5.74) is 8.76.